The van der Waals surface area contributed by atoms with Crippen LogP contribution >= 0.6 is 11.3 Å². The number of benzene rings is 2. The van der Waals surface area contributed by atoms with Crippen LogP contribution in [0.1, 0.15) is 47.6 Å². The van der Waals surface area contributed by atoms with Crippen molar-refractivity contribution in [1.29, 1.82) is 0 Å². The van der Waals surface area contributed by atoms with Gasteiger partial charge >= 0.3 is 0 Å². The van der Waals surface area contributed by atoms with E-state index in [-0.39, 0.29) is 24.3 Å². The zero-order valence-electron chi connectivity index (χ0n) is 19.3. The molecule has 3 aromatic rings. The fourth-order valence-electron chi connectivity index (χ4n) is 3.37. The molecule has 0 spiro atoms. The minimum Gasteiger partial charge on any atom is -0.349 e. The Labute approximate surface area is 198 Å². The van der Waals surface area contributed by atoms with Crippen molar-refractivity contribution >= 4 is 34.7 Å². The molecule has 0 bridgehead atoms. The van der Waals surface area contributed by atoms with Crippen LogP contribution in [-0.4, -0.2) is 29.8 Å². The zero-order chi connectivity index (χ0) is 24.0. The molecule has 6 nitrogen and oxygen atoms in total. The number of anilines is 1. The topological polar surface area (TPSA) is 78.5 Å². The zero-order valence-corrected chi connectivity index (χ0v) is 20.1. The predicted molar refractivity (Wildman–Crippen MR) is 132 cm³/mol. The average molecular weight is 464 g/mol. The van der Waals surface area contributed by atoms with E-state index >= 15 is 0 Å². The second-order valence-electron chi connectivity index (χ2n) is 8.81. The van der Waals surface area contributed by atoms with E-state index in [1.165, 1.54) is 16.2 Å². The first kappa shape index (κ1) is 24.2. The van der Waals surface area contributed by atoms with Gasteiger partial charge < -0.3 is 10.6 Å². The first-order valence-electron chi connectivity index (χ1n) is 10.7. The van der Waals surface area contributed by atoms with Gasteiger partial charge in [-0.3, -0.25) is 19.3 Å². The third-order valence-electron chi connectivity index (χ3n) is 4.85. The van der Waals surface area contributed by atoms with Gasteiger partial charge in [0.1, 0.15) is 6.04 Å². The predicted octanol–water partition coefficient (Wildman–Crippen LogP) is 4.48. The second-order valence-corrected chi connectivity index (χ2v) is 9.76. The molecule has 0 saturated heterocycles. The first-order chi connectivity index (χ1) is 15.7. The maximum Gasteiger partial charge on any atom is 0.261 e. The van der Waals surface area contributed by atoms with Crippen LogP contribution in [0.15, 0.2) is 72.1 Å². The molecule has 1 aromatic heterocycles. The van der Waals surface area contributed by atoms with E-state index in [4.69, 9.17) is 0 Å². The van der Waals surface area contributed by atoms with Crippen molar-refractivity contribution in [3.8, 4) is 0 Å². The molecule has 0 unspecified atom stereocenters. The number of nitrogens with zero attached hydrogens (tertiary/aromatic N) is 1. The van der Waals surface area contributed by atoms with Crippen LogP contribution in [0.5, 0.6) is 0 Å². The fraction of sp³-hybridized carbons (Fsp3) is 0.269. The molecule has 33 heavy (non-hydrogen) atoms. The van der Waals surface area contributed by atoms with Crippen molar-refractivity contribution < 1.29 is 14.4 Å². The molecule has 0 saturated carbocycles. The number of aryl methyl sites for hydroxylation is 1. The van der Waals surface area contributed by atoms with Gasteiger partial charge in [-0.1, -0.05) is 54.1 Å². The van der Waals surface area contributed by atoms with Crippen molar-refractivity contribution in [2.45, 2.75) is 39.3 Å². The summed E-state index contributed by atoms with van der Waals surface area (Å²) in [6.45, 7) is 7.40. The fourth-order valence-corrected chi connectivity index (χ4v) is 4.01. The highest BCUT2D eigenvalue weighted by Gasteiger charge is 2.34. The van der Waals surface area contributed by atoms with E-state index in [1.807, 2.05) is 82.3 Å². The lowest BCUT2D eigenvalue weighted by Crippen LogP contribution is -2.51. The van der Waals surface area contributed by atoms with E-state index in [0.29, 0.717) is 16.1 Å². The lowest BCUT2D eigenvalue weighted by atomic mass is 10.0. The van der Waals surface area contributed by atoms with Gasteiger partial charge in [0, 0.05) is 11.2 Å². The van der Waals surface area contributed by atoms with Crippen LogP contribution in [0.3, 0.4) is 0 Å². The highest BCUT2D eigenvalue weighted by atomic mass is 32.1. The minimum absolute atomic E-state index is 0.239. The Morgan fingerprint density at radius 1 is 0.939 bits per heavy atom. The summed E-state index contributed by atoms with van der Waals surface area (Å²) in [5.41, 5.74) is 1.80. The van der Waals surface area contributed by atoms with Crippen molar-refractivity contribution in [3.63, 3.8) is 0 Å². The third-order valence-corrected chi connectivity index (χ3v) is 5.71. The van der Waals surface area contributed by atoms with Crippen molar-refractivity contribution in [2.75, 3.05) is 11.4 Å². The molecule has 1 atom stereocenters. The van der Waals surface area contributed by atoms with Crippen LogP contribution < -0.4 is 15.5 Å². The quantitative estimate of drug-likeness (QED) is 0.542. The van der Waals surface area contributed by atoms with Crippen molar-refractivity contribution in [1.82, 2.24) is 10.6 Å². The molecule has 2 aromatic carbocycles. The molecule has 0 radical (unpaired) electrons. The normalized spacial score (nSPS) is 12.0. The number of carbonyl (C=O) groups is 3. The Hall–Kier alpha value is -3.45. The highest BCUT2D eigenvalue weighted by molar-refractivity contribution is 7.12. The van der Waals surface area contributed by atoms with Gasteiger partial charge in [-0.15, -0.1) is 11.3 Å². The maximum atomic E-state index is 13.5. The number of hydrogen-bond donors (Lipinski definition) is 2. The second kappa shape index (κ2) is 10.4. The van der Waals surface area contributed by atoms with Crippen LogP contribution in [0.25, 0.3) is 0 Å². The van der Waals surface area contributed by atoms with Crippen LogP contribution in [-0.2, 0) is 9.59 Å². The lowest BCUT2D eigenvalue weighted by Gasteiger charge is -2.34. The molecule has 172 valence electrons. The first-order valence-corrected chi connectivity index (χ1v) is 11.6. The van der Waals surface area contributed by atoms with Crippen LogP contribution in [0.2, 0.25) is 0 Å². The van der Waals surface area contributed by atoms with Crippen molar-refractivity contribution in [3.05, 3.63) is 88.1 Å². The van der Waals surface area contributed by atoms with E-state index in [0.717, 1.165) is 5.56 Å². The summed E-state index contributed by atoms with van der Waals surface area (Å²) >= 11 is 1.30. The molecular weight excluding hydrogens is 434 g/mol. The number of hydrogen-bond acceptors (Lipinski definition) is 4. The number of amides is 3. The Bertz CT molecular complexity index is 1090. The Balaban J connectivity index is 1.98. The van der Waals surface area contributed by atoms with Gasteiger partial charge in [-0.05, 0) is 56.8 Å². The molecule has 2 N–H and O–H groups in total. The SMILES string of the molecule is Cc1ccc(N(C(=O)CNC(=O)c2cccs2)[C@H](C(=O)NC(C)(C)C)c2ccccc2)cc1. The highest BCUT2D eigenvalue weighted by Crippen LogP contribution is 2.29. The van der Waals surface area contributed by atoms with E-state index in [1.54, 1.807) is 17.5 Å². The summed E-state index contributed by atoms with van der Waals surface area (Å²) in [5.74, 6) is -1.01. The number of rotatable bonds is 7. The monoisotopic (exact) mass is 463 g/mol. The van der Waals surface area contributed by atoms with Gasteiger partial charge in [0.25, 0.3) is 5.91 Å². The average Bonchev–Trinajstić information content (AvgIpc) is 3.31. The third kappa shape index (κ3) is 6.52. The molecule has 0 fully saturated rings. The van der Waals surface area contributed by atoms with E-state index in [9.17, 15) is 14.4 Å². The molecular formula is C26H29N3O3S. The number of thiophene rings is 1. The van der Waals surface area contributed by atoms with E-state index in [2.05, 4.69) is 10.6 Å². The number of nitrogens with one attached hydrogen (secondary N) is 2. The molecule has 7 heteroatoms. The minimum atomic E-state index is -0.903. The van der Waals surface area contributed by atoms with Gasteiger partial charge in [0.2, 0.25) is 11.8 Å². The summed E-state index contributed by atoms with van der Waals surface area (Å²) in [5, 5.41) is 7.49. The summed E-state index contributed by atoms with van der Waals surface area (Å²) in [7, 11) is 0. The number of carbonyl (C=O) groups excluding carboxylic acids is 3. The van der Waals surface area contributed by atoms with Crippen LogP contribution in [0, 0.1) is 6.92 Å². The maximum absolute atomic E-state index is 13.5. The summed E-state index contributed by atoms with van der Waals surface area (Å²) in [4.78, 5) is 41.4. The van der Waals surface area contributed by atoms with Gasteiger partial charge in [-0.25, -0.2) is 0 Å². The van der Waals surface area contributed by atoms with Gasteiger partial charge in [-0.2, -0.15) is 0 Å². The molecule has 0 aliphatic rings. The van der Waals surface area contributed by atoms with Crippen LogP contribution in [0.4, 0.5) is 5.69 Å². The molecule has 1 heterocycles. The molecule has 0 aliphatic heterocycles. The summed E-state index contributed by atoms with van der Waals surface area (Å²) in [6.07, 6.45) is 0. The summed E-state index contributed by atoms with van der Waals surface area (Å²) in [6, 6.07) is 19.2. The van der Waals surface area contributed by atoms with Gasteiger partial charge in [0.05, 0.1) is 11.4 Å². The Morgan fingerprint density at radius 3 is 2.18 bits per heavy atom. The molecule has 3 amide bonds. The largest absolute Gasteiger partial charge is 0.349 e. The Morgan fingerprint density at radius 2 is 1.61 bits per heavy atom. The van der Waals surface area contributed by atoms with Crippen molar-refractivity contribution in [2.24, 2.45) is 0 Å². The smallest absolute Gasteiger partial charge is 0.261 e. The van der Waals surface area contributed by atoms with E-state index < -0.39 is 11.6 Å². The summed E-state index contributed by atoms with van der Waals surface area (Å²) < 4.78 is 0. The lowest BCUT2D eigenvalue weighted by molar-refractivity contribution is -0.127. The molecule has 0 aliphatic carbocycles. The molecule has 3 rings (SSSR count). The van der Waals surface area contributed by atoms with Gasteiger partial charge in [0.15, 0.2) is 0 Å². The standard InChI is InChI=1S/C26H29N3O3S/c1-18-12-14-20(15-13-18)29(22(30)17-27-24(31)21-11-8-16-33-21)23(19-9-6-5-7-10-19)25(32)28-26(2,3)4/h5-16,23H,17H2,1-4H3,(H,27,31)(H,28,32)/t23-/m0/s1. The Kier molecular flexibility index (Phi) is 7.66.